The second kappa shape index (κ2) is 6.63. The molecule has 1 aromatic carbocycles. The van der Waals surface area contributed by atoms with Crippen molar-refractivity contribution in [2.24, 2.45) is 0 Å². The van der Waals surface area contributed by atoms with Gasteiger partial charge in [-0.3, -0.25) is 0 Å². The molecule has 2 N–H and O–H groups in total. The van der Waals surface area contributed by atoms with E-state index in [1.807, 2.05) is 19.1 Å². The highest BCUT2D eigenvalue weighted by molar-refractivity contribution is 6.31. The number of nitrogens with zero attached hydrogens (tertiary/aromatic N) is 2. The van der Waals surface area contributed by atoms with Crippen LogP contribution in [-0.4, -0.2) is 23.1 Å². The van der Waals surface area contributed by atoms with Gasteiger partial charge in [0.15, 0.2) is 0 Å². The van der Waals surface area contributed by atoms with E-state index in [0.717, 1.165) is 11.5 Å². The molecule has 5 nitrogen and oxygen atoms in total. The first-order valence-corrected chi connectivity index (χ1v) is 7.08. The van der Waals surface area contributed by atoms with E-state index in [9.17, 15) is 0 Å². The molecule has 0 aliphatic rings. The number of rotatable bonds is 5. The molecule has 21 heavy (non-hydrogen) atoms. The van der Waals surface area contributed by atoms with E-state index in [4.69, 9.17) is 16.3 Å². The van der Waals surface area contributed by atoms with Crippen LogP contribution in [0.15, 0.2) is 24.3 Å². The molecular formula is C15H19ClN4O. The van der Waals surface area contributed by atoms with Crippen LogP contribution >= 0.6 is 11.6 Å². The number of halogens is 1. The summed E-state index contributed by atoms with van der Waals surface area (Å²) in [5, 5.41) is 7.11. The molecule has 0 atom stereocenters. The quantitative estimate of drug-likeness (QED) is 0.874. The number of hydrogen-bond donors (Lipinski definition) is 2. The van der Waals surface area contributed by atoms with E-state index in [1.54, 1.807) is 19.2 Å². The second-order valence-electron chi connectivity index (χ2n) is 4.95. The molecule has 0 aliphatic carbocycles. The third kappa shape index (κ3) is 4.23. The van der Waals surface area contributed by atoms with Crippen molar-refractivity contribution >= 4 is 28.9 Å². The Hall–Kier alpha value is -2.01. The highest BCUT2D eigenvalue weighted by Gasteiger charge is 2.08. The molecule has 1 heterocycles. The number of nitrogens with one attached hydrogen (secondary N) is 2. The lowest BCUT2D eigenvalue weighted by Gasteiger charge is -2.14. The Morgan fingerprint density at radius 2 is 1.86 bits per heavy atom. The van der Waals surface area contributed by atoms with Crippen molar-refractivity contribution < 1.29 is 4.74 Å². The van der Waals surface area contributed by atoms with Gasteiger partial charge >= 0.3 is 0 Å². The Bertz CT molecular complexity index is 631. The SMILES string of the molecule is COc1ccc(Cl)cc1Nc1cc(NC(C)C)nc(C)n1. The molecule has 0 radical (unpaired) electrons. The number of benzene rings is 1. The third-order valence-electron chi connectivity index (χ3n) is 2.70. The fourth-order valence-electron chi connectivity index (χ4n) is 1.92. The van der Waals surface area contributed by atoms with Crippen molar-refractivity contribution in [3.05, 3.63) is 35.1 Å². The Kier molecular flexibility index (Phi) is 4.85. The molecule has 0 amide bonds. The summed E-state index contributed by atoms with van der Waals surface area (Å²) in [5.74, 6) is 2.85. The molecule has 6 heteroatoms. The van der Waals surface area contributed by atoms with Crippen LogP contribution in [-0.2, 0) is 0 Å². The van der Waals surface area contributed by atoms with Gasteiger partial charge in [-0.15, -0.1) is 0 Å². The molecule has 2 aromatic rings. The summed E-state index contributed by atoms with van der Waals surface area (Å²) in [6.07, 6.45) is 0. The summed E-state index contributed by atoms with van der Waals surface area (Å²) in [6, 6.07) is 7.54. The van der Waals surface area contributed by atoms with Gasteiger partial charge in [0.2, 0.25) is 0 Å². The first-order valence-electron chi connectivity index (χ1n) is 6.70. The molecule has 0 fully saturated rings. The highest BCUT2D eigenvalue weighted by Crippen LogP contribution is 2.30. The standard InChI is InChI=1S/C15H19ClN4O/c1-9(2)17-14-8-15(19-10(3)18-14)20-12-7-11(16)5-6-13(12)21-4/h5-9H,1-4H3,(H2,17,18,19,20). The van der Waals surface area contributed by atoms with Gasteiger partial charge in [0.05, 0.1) is 12.8 Å². The van der Waals surface area contributed by atoms with Crippen LogP contribution in [0.1, 0.15) is 19.7 Å². The van der Waals surface area contributed by atoms with Gasteiger partial charge in [0.1, 0.15) is 23.2 Å². The van der Waals surface area contributed by atoms with Crippen molar-refractivity contribution in [2.45, 2.75) is 26.8 Å². The fraction of sp³-hybridized carbons (Fsp3) is 0.333. The summed E-state index contributed by atoms with van der Waals surface area (Å²) >= 11 is 6.03. The summed E-state index contributed by atoms with van der Waals surface area (Å²) in [4.78, 5) is 8.74. The maximum Gasteiger partial charge on any atom is 0.142 e. The molecule has 0 saturated carbocycles. The largest absolute Gasteiger partial charge is 0.495 e. The van der Waals surface area contributed by atoms with Gasteiger partial charge in [-0.2, -0.15) is 0 Å². The summed E-state index contributed by atoms with van der Waals surface area (Å²) in [5.41, 5.74) is 0.763. The maximum atomic E-state index is 6.03. The van der Waals surface area contributed by atoms with Gasteiger partial charge in [0, 0.05) is 17.1 Å². The smallest absolute Gasteiger partial charge is 0.142 e. The zero-order valence-corrected chi connectivity index (χ0v) is 13.3. The minimum Gasteiger partial charge on any atom is -0.495 e. The van der Waals surface area contributed by atoms with E-state index in [0.29, 0.717) is 28.5 Å². The minimum atomic E-state index is 0.299. The normalized spacial score (nSPS) is 10.6. The zero-order valence-electron chi connectivity index (χ0n) is 12.6. The Morgan fingerprint density at radius 1 is 1.14 bits per heavy atom. The maximum absolute atomic E-state index is 6.03. The number of aryl methyl sites for hydroxylation is 1. The molecule has 0 saturated heterocycles. The molecule has 0 bridgehead atoms. The second-order valence-corrected chi connectivity index (χ2v) is 5.39. The van der Waals surface area contributed by atoms with E-state index in [-0.39, 0.29) is 0 Å². The predicted molar refractivity (Wildman–Crippen MR) is 86.8 cm³/mol. The van der Waals surface area contributed by atoms with Crippen molar-refractivity contribution in [1.82, 2.24) is 9.97 Å². The molecule has 112 valence electrons. The van der Waals surface area contributed by atoms with Crippen LogP contribution in [0.4, 0.5) is 17.3 Å². The van der Waals surface area contributed by atoms with E-state index in [2.05, 4.69) is 34.4 Å². The molecular weight excluding hydrogens is 288 g/mol. The third-order valence-corrected chi connectivity index (χ3v) is 2.93. The van der Waals surface area contributed by atoms with Gasteiger partial charge in [-0.1, -0.05) is 11.6 Å². The predicted octanol–water partition coefficient (Wildman–Crippen LogP) is 4.01. The van der Waals surface area contributed by atoms with Gasteiger partial charge in [-0.05, 0) is 39.0 Å². The fourth-order valence-corrected chi connectivity index (χ4v) is 2.09. The van der Waals surface area contributed by atoms with Gasteiger partial charge in [-0.25, -0.2) is 9.97 Å². The summed E-state index contributed by atoms with van der Waals surface area (Å²) < 4.78 is 5.32. The molecule has 1 aromatic heterocycles. The summed E-state index contributed by atoms with van der Waals surface area (Å²) in [6.45, 7) is 5.97. The molecule has 0 unspecified atom stereocenters. The lowest BCUT2D eigenvalue weighted by molar-refractivity contribution is 0.417. The number of ether oxygens (including phenoxy) is 1. The lowest BCUT2D eigenvalue weighted by Crippen LogP contribution is -2.12. The zero-order chi connectivity index (χ0) is 15.4. The van der Waals surface area contributed by atoms with Gasteiger partial charge in [0.25, 0.3) is 0 Å². The average Bonchev–Trinajstić information content (AvgIpc) is 2.37. The number of hydrogen-bond acceptors (Lipinski definition) is 5. The van der Waals surface area contributed by atoms with Crippen molar-refractivity contribution in [1.29, 1.82) is 0 Å². The van der Waals surface area contributed by atoms with Crippen LogP contribution in [0.2, 0.25) is 5.02 Å². The highest BCUT2D eigenvalue weighted by atomic mass is 35.5. The first-order chi connectivity index (χ1) is 9.97. The lowest BCUT2D eigenvalue weighted by atomic mass is 10.3. The van der Waals surface area contributed by atoms with Crippen LogP contribution in [0.3, 0.4) is 0 Å². The number of anilines is 3. The van der Waals surface area contributed by atoms with E-state index in [1.165, 1.54) is 0 Å². The van der Waals surface area contributed by atoms with Crippen molar-refractivity contribution in [2.75, 3.05) is 17.7 Å². The van der Waals surface area contributed by atoms with Crippen LogP contribution in [0, 0.1) is 6.92 Å². The summed E-state index contributed by atoms with van der Waals surface area (Å²) in [7, 11) is 1.62. The average molecular weight is 307 g/mol. The van der Waals surface area contributed by atoms with Crippen LogP contribution < -0.4 is 15.4 Å². The Labute approximate surface area is 129 Å². The topological polar surface area (TPSA) is 59.1 Å². The Morgan fingerprint density at radius 3 is 2.52 bits per heavy atom. The molecule has 0 spiro atoms. The van der Waals surface area contributed by atoms with Crippen molar-refractivity contribution in [3.63, 3.8) is 0 Å². The van der Waals surface area contributed by atoms with Crippen LogP contribution in [0.5, 0.6) is 5.75 Å². The number of methoxy groups -OCH3 is 1. The minimum absolute atomic E-state index is 0.299. The first kappa shape index (κ1) is 15.4. The van der Waals surface area contributed by atoms with Crippen molar-refractivity contribution in [3.8, 4) is 5.75 Å². The van der Waals surface area contributed by atoms with E-state index >= 15 is 0 Å². The Balaban J connectivity index is 2.31. The monoisotopic (exact) mass is 306 g/mol. The molecule has 0 aliphatic heterocycles. The van der Waals surface area contributed by atoms with E-state index < -0.39 is 0 Å². The van der Waals surface area contributed by atoms with Gasteiger partial charge < -0.3 is 15.4 Å². The molecule has 2 rings (SSSR count). The van der Waals surface area contributed by atoms with Crippen LogP contribution in [0.25, 0.3) is 0 Å². The number of aromatic nitrogens is 2.